The van der Waals surface area contributed by atoms with Crippen LogP contribution < -0.4 is 10.5 Å². The molecule has 1 heterocycles. The van der Waals surface area contributed by atoms with E-state index in [2.05, 4.69) is 0 Å². The summed E-state index contributed by atoms with van der Waals surface area (Å²) in [5.41, 5.74) is 5.51. The van der Waals surface area contributed by atoms with E-state index in [1.54, 1.807) is 12.1 Å². The van der Waals surface area contributed by atoms with Gasteiger partial charge in [-0.05, 0) is 40.8 Å². The summed E-state index contributed by atoms with van der Waals surface area (Å²) in [7, 11) is 0. The lowest BCUT2D eigenvalue weighted by Crippen LogP contribution is -2.19. The zero-order chi connectivity index (χ0) is 14.9. The summed E-state index contributed by atoms with van der Waals surface area (Å²) in [5, 5.41) is 0.447. The SMILES string of the molecule is NCC(=O)Oc1cccc2c1cc(I)n2CC(F)(F)F. The van der Waals surface area contributed by atoms with E-state index in [1.165, 1.54) is 12.1 Å². The monoisotopic (exact) mass is 398 g/mol. The number of carbonyl (C=O) groups is 1. The highest BCUT2D eigenvalue weighted by atomic mass is 127. The average molecular weight is 398 g/mol. The maximum absolute atomic E-state index is 12.6. The second-order valence-electron chi connectivity index (χ2n) is 4.04. The van der Waals surface area contributed by atoms with Crippen LogP contribution >= 0.6 is 22.6 Å². The fourth-order valence-corrected chi connectivity index (χ4v) is 2.56. The molecule has 0 saturated carbocycles. The van der Waals surface area contributed by atoms with E-state index in [0.29, 0.717) is 14.6 Å². The molecule has 108 valence electrons. The Kier molecular flexibility index (Phi) is 4.23. The molecule has 0 aliphatic carbocycles. The van der Waals surface area contributed by atoms with Crippen LogP contribution in [0.4, 0.5) is 13.2 Å². The quantitative estimate of drug-likeness (QED) is 0.492. The standard InChI is InChI=1S/C12H10F3IN2O2/c13-12(14,15)6-18-8-2-1-3-9(20-11(19)5-17)7(8)4-10(18)16/h1-4H,5-6,17H2. The third-order valence-corrected chi connectivity index (χ3v) is 3.48. The van der Waals surface area contributed by atoms with Crippen LogP contribution in [0, 0.1) is 3.70 Å². The Hall–Kier alpha value is -1.29. The van der Waals surface area contributed by atoms with Crippen molar-refractivity contribution in [1.82, 2.24) is 4.57 Å². The number of ether oxygens (including phenoxy) is 1. The molecule has 4 nitrogen and oxygen atoms in total. The molecule has 0 spiro atoms. The van der Waals surface area contributed by atoms with Gasteiger partial charge in [0.2, 0.25) is 0 Å². The minimum Gasteiger partial charge on any atom is -0.425 e. The minimum absolute atomic E-state index is 0.205. The average Bonchev–Trinajstić information content (AvgIpc) is 2.66. The summed E-state index contributed by atoms with van der Waals surface area (Å²) in [4.78, 5) is 11.2. The Morgan fingerprint density at radius 3 is 2.70 bits per heavy atom. The molecule has 0 unspecified atom stereocenters. The highest BCUT2D eigenvalue weighted by Gasteiger charge is 2.29. The number of rotatable bonds is 3. The van der Waals surface area contributed by atoms with Gasteiger partial charge in [0.25, 0.3) is 0 Å². The molecular weight excluding hydrogens is 388 g/mol. The molecule has 2 aromatic rings. The second kappa shape index (κ2) is 5.60. The van der Waals surface area contributed by atoms with Crippen LogP contribution in [0.1, 0.15) is 0 Å². The van der Waals surface area contributed by atoms with E-state index < -0.39 is 18.7 Å². The number of esters is 1. The van der Waals surface area contributed by atoms with Gasteiger partial charge in [0.05, 0.1) is 15.8 Å². The van der Waals surface area contributed by atoms with E-state index in [9.17, 15) is 18.0 Å². The first-order valence-electron chi connectivity index (χ1n) is 5.57. The molecule has 0 saturated heterocycles. The van der Waals surface area contributed by atoms with Gasteiger partial charge in [-0.25, -0.2) is 0 Å². The second-order valence-corrected chi connectivity index (χ2v) is 5.14. The number of nitrogens with zero attached hydrogens (tertiary/aromatic N) is 1. The van der Waals surface area contributed by atoms with Gasteiger partial charge in [0.1, 0.15) is 12.3 Å². The van der Waals surface area contributed by atoms with Gasteiger partial charge in [-0.1, -0.05) is 6.07 Å². The fraction of sp³-hybridized carbons (Fsp3) is 0.250. The maximum atomic E-state index is 12.6. The third kappa shape index (κ3) is 3.23. The van der Waals surface area contributed by atoms with Crippen molar-refractivity contribution in [2.24, 2.45) is 5.73 Å². The van der Waals surface area contributed by atoms with Gasteiger partial charge >= 0.3 is 12.1 Å². The highest BCUT2D eigenvalue weighted by molar-refractivity contribution is 14.1. The van der Waals surface area contributed by atoms with Crippen molar-refractivity contribution in [1.29, 1.82) is 0 Å². The number of halogens is 4. The number of benzene rings is 1. The number of fused-ring (bicyclic) bond motifs is 1. The number of carbonyl (C=O) groups excluding carboxylic acids is 1. The van der Waals surface area contributed by atoms with Crippen molar-refractivity contribution in [3.8, 4) is 5.75 Å². The molecule has 0 amide bonds. The molecule has 20 heavy (non-hydrogen) atoms. The van der Waals surface area contributed by atoms with Crippen molar-refractivity contribution < 1.29 is 22.7 Å². The van der Waals surface area contributed by atoms with Crippen LogP contribution in [-0.4, -0.2) is 23.3 Å². The smallest absolute Gasteiger partial charge is 0.406 e. The molecule has 0 fully saturated rings. The number of aromatic nitrogens is 1. The predicted octanol–water partition coefficient (Wildman–Crippen LogP) is 2.67. The first-order valence-corrected chi connectivity index (χ1v) is 6.65. The Morgan fingerprint density at radius 1 is 1.40 bits per heavy atom. The molecule has 0 bridgehead atoms. The normalized spacial score (nSPS) is 11.8. The minimum atomic E-state index is -4.32. The molecule has 0 radical (unpaired) electrons. The lowest BCUT2D eigenvalue weighted by Gasteiger charge is -2.11. The number of nitrogens with two attached hydrogens (primary N) is 1. The van der Waals surface area contributed by atoms with Crippen LogP contribution in [0.5, 0.6) is 5.75 Å². The van der Waals surface area contributed by atoms with Crippen LogP contribution in [0.3, 0.4) is 0 Å². The van der Waals surface area contributed by atoms with Gasteiger partial charge in [-0.2, -0.15) is 13.2 Å². The largest absolute Gasteiger partial charge is 0.425 e. The van der Waals surface area contributed by atoms with Crippen molar-refractivity contribution in [3.63, 3.8) is 0 Å². The number of alkyl halides is 3. The van der Waals surface area contributed by atoms with Gasteiger partial charge < -0.3 is 15.0 Å². The molecule has 0 atom stereocenters. The molecular formula is C12H10F3IN2O2. The van der Waals surface area contributed by atoms with E-state index in [1.807, 2.05) is 22.6 Å². The number of hydrogen-bond donors (Lipinski definition) is 1. The topological polar surface area (TPSA) is 57.3 Å². The summed E-state index contributed by atoms with van der Waals surface area (Å²) in [6.45, 7) is -1.39. The summed E-state index contributed by atoms with van der Waals surface area (Å²) in [5.74, 6) is -0.437. The summed E-state index contributed by atoms with van der Waals surface area (Å²) >= 11 is 1.81. The van der Waals surface area contributed by atoms with Crippen LogP contribution in [0.15, 0.2) is 24.3 Å². The van der Waals surface area contributed by atoms with E-state index >= 15 is 0 Å². The third-order valence-electron chi connectivity index (χ3n) is 2.58. The van der Waals surface area contributed by atoms with Gasteiger partial charge in [-0.15, -0.1) is 0 Å². The summed E-state index contributed by atoms with van der Waals surface area (Å²) in [6, 6.07) is 6.14. The summed E-state index contributed by atoms with van der Waals surface area (Å²) < 4.78 is 44.2. The van der Waals surface area contributed by atoms with E-state index in [0.717, 1.165) is 4.57 Å². The maximum Gasteiger partial charge on any atom is 0.406 e. The fourth-order valence-electron chi connectivity index (χ4n) is 1.82. The van der Waals surface area contributed by atoms with Crippen molar-refractivity contribution >= 4 is 39.5 Å². The Bertz CT molecular complexity index is 652. The molecule has 0 aliphatic heterocycles. The molecule has 2 N–H and O–H groups in total. The van der Waals surface area contributed by atoms with Crippen LogP contribution in [0.25, 0.3) is 10.9 Å². The van der Waals surface area contributed by atoms with Crippen molar-refractivity contribution in [2.45, 2.75) is 12.7 Å². The summed E-state index contributed by atoms with van der Waals surface area (Å²) in [6.07, 6.45) is -4.32. The molecule has 1 aromatic carbocycles. The van der Waals surface area contributed by atoms with Gasteiger partial charge in [0, 0.05) is 5.39 Å². The highest BCUT2D eigenvalue weighted by Crippen LogP contribution is 2.32. The first kappa shape index (κ1) is 15.1. The zero-order valence-electron chi connectivity index (χ0n) is 10.1. The van der Waals surface area contributed by atoms with Crippen molar-refractivity contribution in [2.75, 3.05) is 6.54 Å². The van der Waals surface area contributed by atoms with E-state index in [-0.39, 0.29) is 12.3 Å². The zero-order valence-corrected chi connectivity index (χ0v) is 12.2. The molecule has 2 rings (SSSR count). The van der Waals surface area contributed by atoms with Crippen LogP contribution in [0.2, 0.25) is 0 Å². The predicted molar refractivity (Wildman–Crippen MR) is 75.4 cm³/mol. The van der Waals surface area contributed by atoms with E-state index in [4.69, 9.17) is 10.5 Å². The Morgan fingerprint density at radius 2 is 2.10 bits per heavy atom. The Balaban J connectivity index is 2.50. The lowest BCUT2D eigenvalue weighted by molar-refractivity contribution is -0.140. The lowest BCUT2D eigenvalue weighted by atomic mass is 10.2. The molecule has 0 aliphatic rings. The van der Waals surface area contributed by atoms with Crippen molar-refractivity contribution in [3.05, 3.63) is 28.0 Å². The molecule has 8 heteroatoms. The molecule has 1 aromatic heterocycles. The number of hydrogen-bond acceptors (Lipinski definition) is 3. The first-order chi connectivity index (χ1) is 9.31. The van der Waals surface area contributed by atoms with Crippen LogP contribution in [-0.2, 0) is 11.3 Å². The van der Waals surface area contributed by atoms with Gasteiger partial charge in [0.15, 0.2) is 0 Å². The van der Waals surface area contributed by atoms with Gasteiger partial charge in [-0.3, -0.25) is 4.79 Å². The Labute approximate surface area is 125 Å².